The maximum Gasteiger partial charge on any atom is 0.490 e. The lowest BCUT2D eigenvalue weighted by atomic mass is 9.75. The summed E-state index contributed by atoms with van der Waals surface area (Å²) in [7, 11) is 0. The van der Waals surface area contributed by atoms with E-state index in [2.05, 4.69) is 11.8 Å². The fourth-order valence-electron chi connectivity index (χ4n) is 7.71. The summed E-state index contributed by atoms with van der Waals surface area (Å²) in [5, 5.41) is 18.7. The van der Waals surface area contributed by atoms with Gasteiger partial charge in [-0.05, 0) is 44.1 Å². The Morgan fingerprint density at radius 1 is 1.08 bits per heavy atom. The number of hydrogen-bond acceptors (Lipinski definition) is 7. The third-order valence-electron chi connectivity index (χ3n) is 10.4. The molecule has 48 heavy (non-hydrogen) atoms. The van der Waals surface area contributed by atoms with Gasteiger partial charge in [0.15, 0.2) is 0 Å². The van der Waals surface area contributed by atoms with E-state index in [1.807, 2.05) is 4.90 Å². The summed E-state index contributed by atoms with van der Waals surface area (Å²) >= 11 is 6.22. The van der Waals surface area contributed by atoms with Gasteiger partial charge in [-0.2, -0.15) is 13.2 Å². The molecule has 1 aromatic carbocycles. The molecule has 1 N–H and O–H groups in total. The van der Waals surface area contributed by atoms with Gasteiger partial charge in [0.2, 0.25) is 0 Å². The normalized spacial score (nSPS) is 22.5. The van der Waals surface area contributed by atoms with Crippen molar-refractivity contribution >= 4 is 35.3 Å². The van der Waals surface area contributed by atoms with Gasteiger partial charge in [0.1, 0.15) is 11.2 Å². The number of amides is 2. The molecule has 1 saturated carbocycles. The van der Waals surface area contributed by atoms with Gasteiger partial charge in [-0.15, -0.1) is 0 Å². The molecule has 4 aliphatic rings. The number of carboxylic acids is 1. The van der Waals surface area contributed by atoms with Gasteiger partial charge in [0.25, 0.3) is 11.6 Å². The quantitative estimate of drug-likeness (QED) is 0.223. The van der Waals surface area contributed by atoms with E-state index in [4.69, 9.17) is 26.2 Å². The first-order valence-electron chi connectivity index (χ1n) is 17.0. The van der Waals surface area contributed by atoms with E-state index in [9.17, 15) is 32.9 Å². The number of carbonyl (C=O) groups is 3. The van der Waals surface area contributed by atoms with E-state index in [1.165, 1.54) is 50.3 Å². The SMILES string of the molecule is CCCCC1CN(CC2CCCCC2)C(=O)OC12CCN(C1CCN(C(=O)c3c(Cl)cccc3[N+](=O)[O-])CC1)CC2.O=C(O)C(F)(F)F. The highest BCUT2D eigenvalue weighted by atomic mass is 35.5. The Hall–Kier alpha value is -3.13. The van der Waals surface area contributed by atoms with Crippen LogP contribution in [0.4, 0.5) is 23.7 Å². The largest absolute Gasteiger partial charge is 0.490 e. The first-order chi connectivity index (χ1) is 22.8. The van der Waals surface area contributed by atoms with Gasteiger partial charge < -0.3 is 19.6 Å². The third-order valence-corrected chi connectivity index (χ3v) is 10.7. The van der Waals surface area contributed by atoms with Gasteiger partial charge in [-0.25, -0.2) is 9.59 Å². The fraction of sp³-hybridized carbons (Fsp3) is 0.727. The molecule has 1 atom stereocenters. The van der Waals surface area contributed by atoms with Crippen molar-refractivity contribution in [2.24, 2.45) is 11.8 Å². The zero-order valence-electron chi connectivity index (χ0n) is 27.4. The number of aliphatic carboxylic acids is 1. The molecule has 1 aliphatic carbocycles. The molecule has 3 heterocycles. The number of piperidine rings is 2. The van der Waals surface area contributed by atoms with Gasteiger partial charge in [0.05, 0.1) is 9.95 Å². The van der Waals surface area contributed by atoms with Crippen molar-refractivity contribution in [3.8, 4) is 0 Å². The molecule has 5 rings (SSSR count). The number of carboxylic acid groups (broad SMARTS) is 1. The number of benzene rings is 1. The van der Waals surface area contributed by atoms with E-state index in [-0.39, 0.29) is 33.9 Å². The summed E-state index contributed by atoms with van der Waals surface area (Å²) in [4.78, 5) is 52.5. The van der Waals surface area contributed by atoms with Gasteiger partial charge in [-0.3, -0.25) is 19.8 Å². The van der Waals surface area contributed by atoms with Crippen LogP contribution in [0, 0.1) is 22.0 Å². The van der Waals surface area contributed by atoms with Crippen LogP contribution in [-0.4, -0.2) is 99.8 Å². The maximum absolute atomic E-state index is 13.3. The summed E-state index contributed by atoms with van der Waals surface area (Å²) in [6.45, 7) is 6.74. The first-order valence-corrected chi connectivity index (χ1v) is 17.4. The second-order valence-corrected chi connectivity index (χ2v) is 13.8. The summed E-state index contributed by atoms with van der Waals surface area (Å²) in [5.41, 5.74) is -0.638. The zero-order chi connectivity index (χ0) is 35.1. The van der Waals surface area contributed by atoms with Crippen LogP contribution in [0.3, 0.4) is 0 Å². The van der Waals surface area contributed by atoms with Crippen molar-refractivity contribution in [1.82, 2.24) is 14.7 Å². The Labute approximate surface area is 283 Å². The Kier molecular flexibility index (Phi) is 13.0. The molecule has 15 heteroatoms. The standard InChI is InChI=1S/C31H45ClN4O5.C2HF3O2/c1-2-3-10-24-22-35(21-23-8-5-4-6-9-23)30(38)41-31(24)15-19-33(20-16-31)25-13-17-34(18-14-25)29(37)28-26(32)11-7-12-27(28)36(39)40;3-2(4,5)1(6)7/h7,11-12,23-25H,2-6,8-10,13-22H2,1H3;(H,6,7). The lowest BCUT2D eigenvalue weighted by molar-refractivity contribution is -0.385. The molecule has 0 aromatic heterocycles. The summed E-state index contributed by atoms with van der Waals surface area (Å²) in [6, 6.07) is 4.70. The van der Waals surface area contributed by atoms with Gasteiger partial charge in [0, 0.05) is 70.1 Å². The third kappa shape index (κ3) is 9.31. The summed E-state index contributed by atoms with van der Waals surface area (Å²) in [5.74, 6) is -2.14. The number of carbonyl (C=O) groups excluding carboxylic acids is 2. The van der Waals surface area contributed by atoms with E-state index >= 15 is 0 Å². The van der Waals surface area contributed by atoms with E-state index in [0.29, 0.717) is 31.0 Å². The van der Waals surface area contributed by atoms with Gasteiger partial charge in [-0.1, -0.05) is 56.7 Å². The Balaban J connectivity index is 0.000000671. The number of alkyl halides is 3. The lowest BCUT2D eigenvalue weighted by Crippen LogP contribution is -2.61. The minimum absolute atomic E-state index is 0.0210. The van der Waals surface area contributed by atoms with E-state index in [0.717, 1.165) is 71.1 Å². The number of nitro benzene ring substituents is 1. The molecule has 1 spiro atoms. The number of halogens is 4. The maximum atomic E-state index is 13.3. The van der Waals surface area contributed by atoms with Crippen LogP contribution in [0.2, 0.25) is 5.02 Å². The number of ether oxygens (including phenoxy) is 1. The highest BCUT2D eigenvalue weighted by Gasteiger charge is 2.50. The molecule has 2 amide bonds. The minimum atomic E-state index is -5.08. The van der Waals surface area contributed by atoms with Crippen LogP contribution in [0.1, 0.15) is 94.3 Å². The average molecular weight is 703 g/mol. The van der Waals surface area contributed by atoms with Gasteiger partial charge >= 0.3 is 18.2 Å². The Morgan fingerprint density at radius 3 is 2.27 bits per heavy atom. The highest BCUT2D eigenvalue weighted by Crippen LogP contribution is 2.42. The molecule has 4 fully saturated rings. The van der Waals surface area contributed by atoms with Crippen LogP contribution in [0.15, 0.2) is 18.2 Å². The zero-order valence-corrected chi connectivity index (χ0v) is 28.1. The predicted octanol–water partition coefficient (Wildman–Crippen LogP) is 7.16. The smallest absolute Gasteiger partial charge is 0.475 e. The Bertz CT molecular complexity index is 1290. The van der Waals surface area contributed by atoms with Crippen LogP contribution >= 0.6 is 11.6 Å². The van der Waals surface area contributed by atoms with E-state index < -0.39 is 17.1 Å². The van der Waals surface area contributed by atoms with Crippen molar-refractivity contribution in [2.45, 2.75) is 102 Å². The Morgan fingerprint density at radius 2 is 1.71 bits per heavy atom. The molecule has 3 aliphatic heterocycles. The number of likely N-dealkylation sites (tertiary alicyclic amines) is 2. The summed E-state index contributed by atoms with van der Waals surface area (Å²) in [6.07, 6.45) is 7.85. The predicted molar refractivity (Wildman–Crippen MR) is 172 cm³/mol. The first kappa shape index (κ1) is 37.7. The molecule has 268 valence electrons. The topological polar surface area (TPSA) is 134 Å². The molecule has 1 aromatic rings. The second kappa shape index (κ2) is 16.5. The number of unbranched alkanes of at least 4 members (excludes halogenated alkanes) is 1. The van der Waals surface area contributed by atoms with Crippen LogP contribution < -0.4 is 0 Å². The number of nitro groups is 1. The van der Waals surface area contributed by atoms with Crippen molar-refractivity contribution < 1.29 is 42.3 Å². The minimum Gasteiger partial charge on any atom is -0.475 e. The van der Waals surface area contributed by atoms with Crippen molar-refractivity contribution in [2.75, 3.05) is 39.3 Å². The lowest BCUT2D eigenvalue weighted by Gasteiger charge is -2.52. The molecule has 3 saturated heterocycles. The number of hydrogen-bond donors (Lipinski definition) is 1. The second-order valence-electron chi connectivity index (χ2n) is 13.4. The molecular formula is C33H46ClF3N4O7. The summed E-state index contributed by atoms with van der Waals surface area (Å²) < 4.78 is 38.1. The van der Waals surface area contributed by atoms with Crippen molar-refractivity contribution in [3.63, 3.8) is 0 Å². The highest BCUT2D eigenvalue weighted by molar-refractivity contribution is 6.34. The molecule has 1 unspecified atom stereocenters. The molecule has 0 bridgehead atoms. The molecule has 11 nitrogen and oxygen atoms in total. The molecule has 0 radical (unpaired) electrons. The van der Waals surface area contributed by atoms with Crippen LogP contribution in [-0.2, 0) is 9.53 Å². The molecular weight excluding hydrogens is 657 g/mol. The van der Waals surface area contributed by atoms with E-state index in [1.54, 1.807) is 4.90 Å². The van der Waals surface area contributed by atoms with Crippen molar-refractivity contribution in [1.29, 1.82) is 0 Å². The van der Waals surface area contributed by atoms with Crippen molar-refractivity contribution in [3.05, 3.63) is 38.9 Å². The fourth-order valence-corrected chi connectivity index (χ4v) is 7.96. The monoisotopic (exact) mass is 702 g/mol. The van der Waals surface area contributed by atoms with Crippen LogP contribution in [0.5, 0.6) is 0 Å². The van der Waals surface area contributed by atoms with Crippen LogP contribution in [0.25, 0.3) is 0 Å². The average Bonchev–Trinajstić information content (AvgIpc) is 3.06. The number of rotatable bonds is 8. The number of nitrogens with zero attached hydrogens (tertiary/aromatic N) is 4.